The van der Waals surface area contributed by atoms with Gasteiger partial charge in [0.2, 0.25) is 0 Å². The monoisotopic (exact) mass is 394 g/mol. The SMILES string of the molecule is CCCCCc1c(-c2cccc(OC(F)(F)F)c2)c(C(N)=O)c(C)n1C1CC1. The maximum Gasteiger partial charge on any atom is 0.573 e. The van der Waals surface area contributed by atoms with E-state index in [0.29, 0.717) is 22.7 Å². The van der Waals surface area contributed by atoms with Gasteiger partial charge < -0.3 is 15.0 Å². The van der Waals surface area contributed by atoms with Crippen molar-refractivity contribution >= 4 is 5.91 Å². The summed E-state index contributed by atoms with van der Waals surface area (Å²) in [4.78, 5) is 12.3. The molecule has 7 heteroatoms. The smallest absolute Gasteiger partial charge is 0.406 e. The van der Waals surface area contributed by atoms with Crippen molar-refractivity contribution in [3.63, 3.8) is 0 Å². The van der Waals surface area contributed by atoms with Gasteiger partial charge in [-0.25, -0.2) is 0 Å². The highest BCUT2D eigenvalue weighted by Gasteiger charge is 2.34. The second-order valence-corrected chi connectivity index (χ2v) is 7.28. The van der Waals surface area contributed by atoms with E-state index >= 15 is 0 Å². The number of benzene rings is 1. The van der Waals surface area contributed by atoms with E-state index in [4.69, 9.17) is 5.73 Å². The van der Waals surface area contributed by atoms with Crippen LogP contribution in [0.1, 0.15) is 66.8 Å². The fourth-order valence-electron chi connectivity index (χ4n) is 3.84. The number of halogens is 3. The Hall–Kier alpha value is -2.44. The summed E-state index contributed by atoms with van der Waals surface area (Å²) in [6, 6.07) is 6.11. The summed E-state index contributed by atoms with van der Waals surface area (Å²) in [5.74, 6) is -0.873. The van der Waals surface area contributed by atoms with E-state index in [1.54, 1.807) is 6.07 Å². The molecule has 0 spiro atoms. The summed E-state index contributed by atoms with van der Waals surface area (Å²) in [6.07, 6.45) is 1.07. The minimum absolute atomic E-state index is 0.309. The van der Waals surface area contributed by atoms with Crippen molar-refractivity contribution in [2.45, 2.75) is 64.8 Å². The van der Waals surface area contributed by atoms with Crippen LogP contribution in [0.5, 0.6) is 5.75 Å². The Morgan fingerprint density at radius 3 is 2.57 bits per heavy atom. The molecule has 152 valence electrons. The highest BCUT2D eigenvalue weighted by molar-refractivity contribution is 6.02. The average Bonchev–Trinajstić information content (AvgIpc) is 3.37. The van der Waals surface area contributed by atoms with Gasteiger partial charge in [0.15, 0.2) is 0 Å². The molecule has 4 nitrogen and oxygen atoms in total. The number of carbonyl (C=O) groups is 1. The van der Waals surface area contributed by atoms with Gasteiger partial charge in [-0.3, -0.25) is 4.79 Å². The number of rotatable bonds is 8. The number of hydrogen-bond acceptors (Lipinski definition) is 2. The number of hydrogen-bond donors (Lipinski definition) is 1. The minimum Gasteiger partial charge on any atom is -0.406 e. The number of alkyl halides is 3. The first kappa shape index (κ1) is 20.3. The zero-order valence-electron chi connectivity index (χ0n) is 16.1. The van der Waals surface area contributed by atoms with Crippen LogP contribution in [0.25, 0.3) is 11.1 Å². The van der Waals surface area contributed by atoms with Crippen LogP contribution in [-0.2, 0) is 6.42 Å². The summed E-state index contributed by atoms with van der Waals surface area (Å²) in [7, 11) is 0. The molecule has 1 heterocycles. The van der Waals surface area contributed by atoms with Crippen molar-refractivity contribution in [2.24, 2.45) is 5.73 Å². The van der Waals surface area contributed by atoms with Gasteiger partial charge in [-0.2, -0.15) is 0 Å². The average molecular weight is 394 g/mol. The number of carbonyl (C=O) groups excluding carboxylic acids is 1. The Kier molecular flexibility index (Phi) is 5.72. The number of nitrogens with two attached hydrogens (primary N) is 1. The molecule has 1 aromatic heterocycles. The Morgan fingerprint density at radius 1 is 1.29 bits per heavy atom. The van der Waals surface area contributed by atoms with Crippen LogP contribution in [-0.4, -0.2) is 16.8 Å². The third-order valence-electron chi connectivity index (χ3n) is 5.08. The molecule has 0 radical (unpaired) electrons. The molecule has 1 aromatic carbocycles. The number of nitrogens with zero attached hydrogens (tertiary/aromatic N) is 1. The standard InChI is InChI=1S/C21H25F3N2O2/c1-3-4-5-9-17-19(14-7-6-8-16(12-14)28-21(22,23)24)18(20(25)27)13(2)26(17)15-10-11-15/h6-8,12,15H,3-5,9-11H2,1-2H3,(H2,25,27). The second-order valence-electron chi connectivity index (χ2n) is 7.28. The third kappa shape index (κ3) is 4.34. The molecule has 1 amide bonds. The van der Waals surface area contributed by atoms with E-state index < -0.39 is 12.3 Å². The Balaban J connectivity index is 2.14. The lowest BCUT2D eigenvalue weighted by Crippen LogP contribution is -2.17. The summed E-state index contributed by atoms with van der Waals surface area (Å²) in [6.45, 7) is 3.97. The highest BCUT2D eigenvalue weighted by Crippen LogP contribution is 2.44. The molecule has 1 saturated carbocycles. The molecular weight excluding hydrogens is 369 g/mol. The van der Waals surface area contributed by atoms with Crippen molar-refractivity contribution in [1.82, 2.24) is 4.57 Å². The van der Waals surface area contributed by atoms with Gasteiger partial charge in [-0.1, -0.05) is 31.9 Å². The van der Waals surface area contributed by atoms with Crippen LogP contribution < -0.4 is 10.5 Å². The quantitative estimate of drug-likeness (QED) is 0.599. The summed E-state index contributed by atoms with van der Waals surface area (Å²) >= 11 is 0. The molecule has 28 heavy (non-hydrogen) atoms. The molecule has 1 aliphatic rings. The van der Waals surface area contributed by atoms with Gasteiger partial charge in [0.1, 0.15) is 5.75 Å². The maximum atomic E-state index is 12.6. The first-order valence-electron chi connectivity index (χ1n) is 9.62. The molecular formula is C21H25F3N2O2. The van der Waals surface area contributed by atoms with E-state index in [0.717, 1.165) is 49.9 Å². The lowest BCUT2D eigenvalue weighted by atomic mass is 9.97. The van der Waals surface area contributed by atoms with Crippen LogP contribution in [0.4, 0.5) is 13.2 Å². The normalized spacial score (nSPS) is 14.3. The van der Waals surface area contributed by atoms with Crippen LogP contribution in [0.2, 0.25) is 0 Å². The van der Waals surface area contributed by atoms with Crippen molar-refractivity contribution < 1.29 is 22.7 Å². The van der Waals surface area contributed by atoms with E-state index in [-0.39, 0.29) is 5.75 Å². The molecule has 3 rings (SSSR count). The van der Waals surface area contributed by atoms with Gasteiger partial charge in [-0.05, 0) is 50.3 Å². The molecule has 1 fully saturated rings. The Labute approximate surface area is 162 Å². The van der Waals surface area contributed by atoms with Gasteiger partial charge in [0, 0.05) is 23.0 Å². The fraction of sp³-hybridized carbons (Fsp3) is 0.476. The fourth-order valence-corrected chi connectivity index (χ4v) is 3.84. The predicted octanol–water partition coefficient (Wildman–Crippen LogP) is 5.53. The van der Waals surface area contributed by atoms with Crippen molar-refractivity contribution in [1.29, 1.82) is 0 Å². The first-order chi connectivity index (χ1) is 13.2. The van der Waals surface area contributed by atoms with E-state index in [9.17, 15) is 18.0 Å². The van der Waals surface area contributed by atoms with E-state index in [1.807, 2.05) is 6.92 Å². The van der Waals surface area contributed by atoms with Gasteiger partial charge in [0.25, 0.3) is 5.91 Å². The summed E-state index contributed by atoms with van der Waals surface area (Å²) in [5.41, 5.74) is 9.00. The molecule has 0 aliphatic heterocycles. The third-order valence-corrected chi connectivity index (χ3v) is 5.08. The van der Waals surface area contributed by atoms with Crippen LogP contribution >= 0.6 is 0 Å². The second kappa shape index (κ2) is 7.89. The molecule has 0 saturated heterocycles. The van der Waals surface area contributed by atoms with Crippen molar-refractivity contribution in [2.75, 3.05) is 0 Å². The molecule has 0 bridgehead atoms. The highest BCUT2D eigenvalue weighted by atomic mass is 19.4. The maximum absolute atomic E-state index is 12.6. The zero-order valence-corrected chi connectivity index (χ0v) is 16.1. The molecule has 2 aromatic rings. The summed E-state index contributed by atoms with van der Waals surface area (Å²) < 4.78 is 44.2. The molecule has 0 atom stereocenters. The summed E-state index contributed by atoms with van der Waals surface area (Å²) in [5, 5.41) is 0. The van der Waals surface area contributed by atoms with E-state index in [1.165, 1.54) is 18.2 Å². The first-order valence-corrected chi connectivity index (χ1v) is 9.62. The Bertz CT molecular complexity index is 867. The number of amides is 1. The number of ether oxygens (including phenoxy) is 1. The van der Waals surface area contributed by atoms with Crippen LogP contribution in [0.3, 0.4) is 0 Å². The lowest BCUT2D eigenvalue weighted by molar-refractivity contribution is -0.274. The number of primary amides is 1. The molecule has 2 N–H and O–H groups in total. The van der Waals surface area contributed by atoms with Crippen molar-refractivity contribution in [3.05, 3.63) is 41.2 Å². The molecule has 1 aliphatic carbocycles. The molecule has 0 unspecified atom stereocenters. The largest absolute Gasteiger partial charge is 0.573 e. The van der Waals surface area contributed by atoms with Crippen LogP contribution in [0.15, 0.2) is 24.3 Å². The number of unbranched alkanes of at least 4 members (excludes halogenated alkanes) is 2. The lowest BCUT2D eigenvalue weighted by Gasteiger charge is -2.14. The Morgan fingerprint density at radius 2 is 2.00 bits per heavy atom. The predicted molar refractivity (Wildman–Crippen MR) is 101 cm³/mol. The minimum atomic E-state index is -4.77. The van der Waals surface area contributed by atoms with Gasteiger partial charge in [0.05, 0.1) is 5.56 Å². The van der Waals surface area contributed by atoms with Gasteiger partial charge in [-0.15, -0.1) is 13.2 Å². The van der Waals surface area contributed by atoms with E-state index in [2.05, 4.69) is 16.2 Å². The topological polar surface area (TPSA) is 57.2 Å². The van der Waals surface area contributed by atoms with Crippen molar-refractivity contribution in [3.8, 4) is 16.9 Å². The van der Waals surface area contributed by atoms with Gasteiger partial charge >= 0.3 is 6.36 Å². The zero-order chi connectivity index (χ0) is 20.5. The van der Waals surface area contributed by atoms with Crippen LogP contribution in [0, 0.1) is 6.92 Å². The number of aromatic nitrogens is 1.